The Balaban J connectivity index is 1.58. The van der Waals surface area contributed by atoms with Gasteiger partial charge in [0.15, 0.2) is 24.0 Å². The van der Waals surface area contributed by atoms with E-state index in [1.165, 1.54) is 7.11 Å². The van der Waals surface area contributed by atoms with Crippen LogP contribution in [-0.4, -0.2) is 62.4 Å². The number of hydrogen-bond donors (Lipinski definition) is 1. The summed E-state index contributed by atoms with van der Waals surface area (Å²) < 4.78 is 40.3. The minimum atomic E-state index is -0.952. The maximum Gasteiger partial charge on any atom is 0.256 e. The maximum absolute atomic E-state index is 13.1. The van der Waals surface area contributed by atoms with Gasteiger partial charge in [-0.05, 0) is 39.8 Å². The molecule has 3 fully saturated rings. The zero-order chi connectivity index (χ0) is 21.0. The Morgan fingerprint density at radius 1 is 0.931 bits per heavy atom. The van der Waals surface area contributed by atoms with E-state index in [-0.39, 0.29) is 0 Å². The molecular formula is C20H27NO8. The van der Waals surface area contributed by atoms with E-state index in [1.807, 2.05) is 0 Å². The monoisotopic (exact) mass is 409 g/mol. The van der Waals surface area contributed by atoms with Crippen LogP contribution in [0.2, 0.25) is 0 Å². The van der Waals surface area contributed by atoms with E-state index in [1.54, 1.807) is 53.0 Å². The normalized spacial score (nSPS) is 34.2. The van der Waals surface area contributed by atoms with E-state index in [9.17, 15) is 4.79 Å². The number of hydrogen-bond acceptors (Lipinski definition) is 8. The average Bonchev–Trinajstić information content (AvgIpc) is 3.14. The molecule has 3 saturated heterocycles. The largest absolute Gasteiger partial charge is 0.497 e. The lowest BCUT2D eigenvalue weighted by molar-refractivity contribution is -0.229. The first-order chi connectivity index (χ1) is 13.6. The van der Waals surface area contributed by atoms with Gasteiger partial charge < -0.3 is 38.5 Å². The molecule has 1 amide bonds. The highest BCUT2D eigenvalue weighted by Gasteiger charge is 2.62. The highest BCUT2D eigenvalue weighted by molar-refractivity contribution is 5.96. The zero-order valence-electron chi connectivity index (χ0n) is 17.4. The molecule has 29 heavy (non-hydrogen) atoms. The van der Waals surface area contributed by atoms with Crippen LogP contribution in [0.3, 0.4) is 0 Å². The SMILES string of the molecule is COc1ccc(NC(=O)[C@H]2O[C@@H]3OC(C)(C)O[C@@H]3[C@@H]3OC(C)(C)O[C@@H]32)c(OC)c1. The fourth-order valence-corrected chi connectivity index (χ4v) is 3.93. The van der Waals surface area contributed by atoms with Gasteiger partial charge in [0.25, 0.3) is 5.91 Å². The molecule has 5 atom stereocenters. The summed E-state index contributed by atoms with van der Waals surface area (Å²) in [4.78, 5) is 13.1. The van der Waals surface area contributed by atoms with E-state index in [2.05, 4.69) is 5.32 Å². The smallest absolute Gasteiger partial charge is 0.256 e. The molecule has 0 spiro atoms. The van der Waals surface area contributed by atoms with Crippen molar-refractivity contribution in [2.75, 3.05) is 19.5 Å². The summed E-state index contributed by atoms with van der Waals surface area (Å²) in [5.41, 5.74) is 0.489. The first-order valence-electron chi connectivity index (χ1n) is 9.52. The summed E-state index contributed by atoms with van der Waals surface area (Å²) in [6.45, 7) is 7.18. The van der Waals surface area contributed by atoms with Gasteiger partial charge in [-0.1, -0.05) is 0 Å². The molecule has 0 aromatic heterocycles. The van der Waals surface area contributed by atoms with Gasteiger partial charge in [0, 0.05) is 6.07 Å². The molecule has 160 valence electrons. The third-order valence-electron chi connectivity index (χ3n) is 5.08. The topological polar surface area (TPSA) is 93.7 Å². The molecule has 1 aromatic rings. The Morgan fingerprint density at radius 3 is 2.28 bits per heavy atom. The van der Waals surface area contributed by atoms with Crippen molar-refractivity contribution in [2.24, 2.45) is 0 Å². The molecule has 9 nitrogen and oxygen atoms in total. The van der Waals surface area contributed by atoms with Crippen LogP contribution in [-0.2, 0) is 28.5 Å². The number of methoxy groups -OCH3 is 2. The van der Waals surface area contributed by atoms with Crippen LogP contribution >= 0.6 is 0 Å². The number of nitrogens with one attached hydrogen (secondary N) is 1. The fourth-order valence-electron chi connectivity index (χ4n) is 3.93. The third-order valence-corrected chi connectivity index (χ3v) is 5.08. The lowest BCUT2D eigenvalue weighted by atomic mass is 9.98. The predicted molar refractivity (Wildman–Crippen MR) is 101 cm³/mol. The Labute approximate surface area is 169 Å². The number of ether oxygens (including phenoxy) is 7. The Bertz CT molecular complexity index is 795. The highest BCUT2D eigenvalue weighted by atomic mass is 16.9. The molecule has 0 radical (unpaired) electrons. The molecule has 3 heterocycles. The molecule has 0 saturated carbocycles. The van der Waals surface area contributed by atoms with E-state index >= 15 is 0 Å². The molecular weight excluding hydrogens is 382 g/mol. The van der Waals surface area contributed by atoms with Crippen molar-refractivity contribution in [3.05, 3.63) is 18.2 Å². The summed E-state index contributed by atoms with van der Waals surface area (Å²) in [7, 11) is 3.08. The predicted octanol–water partition coefficient (Wildman–Crippen LogP) is 2.04. The summed E-state index contributed by atoms with van der Waals surface area (Å²) in [5, 5.41) is 2.85. The van der Waals surface area contributed by atoms with E-state index in [4.69, 9.17) is 33.2 Å². The summed E-state index contributed by atoms with van der Waals surface area (Å²) in [6.07, 6.45) is -3.33. The van der Waals surface area contributed by atoms with Gasteiger partial charge >= 0.3 is 0 Å². The van der Waals surface area contributed by atoms with Crippen molar-refractivity contribution in [2.45, 2.75) is 70.0 Å². The third kappa shape index (κ3) is 3.80. The first-order valence-corrected chi connectivity index (χ1v) is 9.52. The number of rotatable bonds is 4. The second-order valence-corrected chi connectivity index (χ2v) is 8.15. The van der Waals surface area contributed by atoms with Gasteiger partial charge in [-0.15, -0.1) is 0 Å². The van der Waals surface area contributed by atoms with Crippen molar-refractivity contribution in [1.29, 1.82) is 0 Å². The number of amides is 1. The van der Waals surface area contributed by atoms with Crippen LogP contribution < -0.4 is 14.8 Å². The van der Waals surface area contributed by atoms with Crippen LogP contribution in [0.4, 0.5) is 5.69 Å². The molecule has 0 aliphatic carbocycles. The van der Waals surface area contributed by atoms with E-state index in [0.29, 0.717) is 17.2 Å². The second-order valence-electron chi connectivity index (χ2n) is 8.15. The number of carbonyl (C=O) groups is 1. The molecule has 3 aliphatic heterocycles. The fraction of sp³-hybridized carbons (Fsp3) is 0.650. The van der Waals surface area contributed by atoms with Crippen molar-refractivity contribution in [1.82, 2.24) is 0 Å². The molecule has 3 aliphatic rings. The maximum atomic E-state index is 13.1. The minimum Gasteiger partial charge on any atom is -0.497 e. The van der Waals surface area contributed by atoms with Gasteiger partial charge in [-0.25, -0.2) is 0 Å². The zero-order valence-corrected chi connectivity index (χ0v) is 17.4. The Hall–Kier alpha value is -1.91. The quantitative estimate of drug-likeness (QED) is 0.808. The summed E-state index contributed by atoms with van der Waals surface area (Å²) in [6, 6.07) is 5.12. The second kappa shape index (κ2) is 7.10. The minimum absolute atomic E-state index is 0.392. The Kier molecular flexibility index (Phi) is 4.99. The summed E-state index contributed by atoms with van der Waals surface area (Å²) >= 11 is 0. The first kappa shape index (κ1) is 20.4. The van der Waals surface area contributed by atoms with Crippen LogP contribution in [0.25, 0.3) is 0 Å². The van der Waals surface area contributed by atoms with Gasteiger partial charge in [0.05, 0.1) is 19.9 Å². The lowest BCUT2D eigenvalue weighted by Gasteiger charge is -2.36. The highest BCUT2D eigenvalue weighted by Crippen LogP contribution is 2.44. The number of anilines is 1. The van der Waals surface area contributed by atoms with Crippen LogP contribution in [0.1, 0.15) is 27.7 Å². The van der Waals surface area contributed by atoms with Crippen LogP contribution in [0.5, 0.6) is 11.5 Å². The van der Waals surface area contributed by atoms with Crippen molar-refractivity contribution < 1.29 is 38.0 Å². The summed E-state index contributed by atoms with van der Waals surface area (Å²) in [5.74, 6) is -1.03. The Morgan fingerprint density at radius 2 is 1.59 bits per heavy atom. The van der Waals surface area contributed by atoms with Gasteiger partial charge in [-0.2, -0.15) is 0 Å². The molecule has 0 unspecified atom stereocenters. The number of benzene rings is 1. The molecule has 1 N–H and O–H groups in total. The number of carbonyl (C=O) groups excluding carboxylic acids is 1. The van der Waals surface area contributed by atoms with E-state index < -0.39 is 48.2 Å². The van der Waals surface area contributed by atoms with Gasteiger partial charge in [0.2, 0.25) is 0 Å². The molecule has 1 aromatic carbocycles. The lowest BCUT2D eigenvalue weighted by Crippen LogP contribution is -2.58. The average molecular weight is 409 g/mol. The standard InChI is InChI=1S/C20H27NO8/c1-19(2)26-13-14(27-19)16-18(29-20(3,4)28-16)25-15(13)17(22)21-11-8-7-10(23-5)9-12(11)24-6/h7-9,13-16,18H,1-6H3,(H,21,22)/t13-,14+,15-,16+,18+/m0/s1. The molecule has 0 bridgehead atoms. The van der Waals surface area contributed by atoms with Crippen molar-refractivity contribution >= 4 is 11.6 Å². The number of fused-ring (bicyclic) bond motifs is 3. The van der Waals surface area contributed by atoms with Crippen LogP contribution in [0, 0.1) is 0 Å². The van der Waals surface area contributed by atoms with Crippen molar-refractivity contribution in [3.8, 4) is 11.5 Å². The van der Waals surface area contributed by atoms with Gasteiger partial charge in [0.1, 0.15) is 29.8 Å². The van der Waals surface area contributed by atoms with Crippen LogP contribution in [0.15, 0.2) is 18.2 Å². The molecule has 9 heteroatoms. The van der Waals surface area contributed by atoms with E-state index in [0.717, 1.165) is 0 Å². The van der Waals surface area contributed by atoms with Crippen molar-refractivity contribution in [3.63, 3.8) is 0 Å². The van der Waals surface area contributed by atoms with Gasteiger partial charge in [-0.3, -0.25) is 4.79 Å². The molecule has 4 rings (SSSR count).